The Bertz CT molecular complexity index is 741. The van der Waals surface area contributed by atoms with Gasteiger partial charge in [0.05, 0.1) is 0 Å². The average molecular weight is 331 g/mol. The standard InChI is InChI=1S/C17H19ClN4O/c1-11-5-6-13(9-14(11)18)21-16-10-15(19-12(2)20-16)17(23)22-7-3-4-8-22/h5-6,9-10H,3-4,7-8H2,1-2H3,(H,19,20,21). The summed E-state index contributed by atoms with van der Waals surface area (Å²) < 4.78 is 0. The molecule has 1 N–H and O–H groups in total. The summed E-state index contributed by atoms with van der Waals surface area (Å²) in [6.07, 6.45) is 2.12. The van der Waals surface area contributed by atoms with E-state index in [9.17, 15) is 4.79 Å². The number of rotatable bonds is 3. The minimum atomic E-state index is -0.0296. The van der Waals surface area contributed by atoms with Gasteiger partial charge < -0.3 is 10.2 Å². The SMILES string of the molecule is Cc1nc(Nc2ccc(C)c(Cl)c2)cc(C(=O)N2CCCC2)n1. The summed E-state index contributed by atoms with van der Waals surface area (Å²) in [5.74, 6) is 1.13. The topological polar surface area (TPSA) is 58.1 Å². The van der Waals surface area contributed by atoms with Crippen molar-refractivity contribution in [2.24, 2.45) is 0 Å². The molecule has 0 saturated carbocycles. The van der Waals surface area contributed by atoms with Gasteiger partial charge in [-0.15, -0.1) is 0 Å². The number of likely N-dealkylation sites (tertiary alicyclic amines) is 1. The lowest BCUT2D eigenvalue weighted by Crippen LogP contribution is -2.28. The van der Waals surface area contributed by atoms with Crippen LogP contribution in [-0.2, 0) is 0 Å². The van der Waals surface area contributed by atoms with Crippen LogP contribution in [0.25, 0.3) is 0 Å². The number of halogens is 1. The van der Waals surface area contributed by atoms with Gasteiger partial charge in [-0.05, 0) is 44.4 Å². The Kier molecular flexibility index (Phi) is 4.48. The Morgan fingerprint density at radius 3 is 2.61 bits per heavy atom. The van der Waals surface area contributed by atoms with E-state index in [2.05, 4.69) is 15.3 Å². The van der Waals surface area contributed by atoms with Crippen molar-refractivity contribution in [3.8, 4) is 0 Å². The van der Waals surface area contributed by atoms with Crippen LogP contribution in [0.2, 0.25) is 5.02 Å². The summed E-state index contributed by atoms with van der Waals surface area (Å²) in [7, 11) is 0. The van der Waals surface area contributed by atoms with Gasteiger partial charge in [-0.2, -0.15) is 0 Å². The van der Waals surface area contributed by atoms with Crippen molar-refractivity contribution >= 4 is 29.0 Å². The van der Waals surface area contributed by atoms with Crippen LogP contribution in [-0.4, -0.2) is 33.9 Å². The van der Waals surface area contributed by atoms with Crippen LogP contribution in [0.3, 0.4) is 0 Å². The molecule has 0 atom stereocenters. The maximum atomic E-state index is 12.5. The van der Waals surface area contributed by atoms with Gasteiger partial charge in [-0.1, -0.05) is 17.7 Å². The highest BCUT2D eigenvalue weighted by Crippen LogP contribution is 2.23. The highest BCUT2D eigenvalue weighted by atomic mass is 35.5. The molecular weight excluding hydrogens is 312 g/mol. The molecule has 23 heavy (non-hydrogen) atoms. The van der Waals surface area contributed by atoms with Crippen molar-refractivity contribution in [1.29, 1.82) is 0 Å². The van der Waals surface area contributed by atoms with Crippen molar-refractivity contribution in [3.63, 3.8) is 0 Å². The molecule has 0 radical (unpaired) electrons. The summed E-state index contributed by atoms with van der Waals surface area (Å²) in [6.45, 7) is 5.35. The lowest BCUT2D eigenvalue weighted by Gasteiger charge is -2.15. The molecule has 120 valence electrons. The van der Waals surface area contributed by atoms with Crippen molar-refractivity contribution in [2.75, 3.05) is 18.4 Å². The van der Waals surface area contributed by atoms with Gasteiger partial charge >= 0.3 is 0 Å². The summed E-state index contributed by atoms with van der Waals surface area (Å²) >= 11 is 6.15. The van der Waals surface area contributed by atoms with E-state index in [1.54, 1.807) is 13.0 Å². The lowest BCUT2D eigenvalue weighted by atomic mass is 10.2. The number of benzene rings is 1. The molecule has 1 fully saturated rings. The molecule has 6 heteroatoms. The molecule has 3 rings (SSSR count). The highest BCUT2D eigenvalue weighted by Gasteiger charge is 2.21. The normalized spacial score (nSPS) is 14.1. The Morgan fingerprint density at radius 2 is 1.91 bits per heavy atom. The van der Waals surface area contributed by atoms with E-state index in [4.69, 9.17) is 11.6 Å². The fraction of sp³-hybridized carbons (Fsp3) is 0.353. The Hall–Kier alpha value is -2.14. The first-order valence-corrected chi connectivity index (χ1v) is 8.09. The fourth-order valence-electron chi connectivity index (χ4n) is 2.64. The van der Waals surface area contributed by atoms with Crippen molar-refractivity contribution < 1.29 is 4.79 Å². The molecule has 1 aliphatic rings. The van der Waals surface area contributed by atoms with Crippen LogP contribution in [0.15, 0.2) is 24.3 Å². The summed E-state index contributed by atoms with van der Waals surface area (Å²) in [5, 5.41) is 3.88. The number of anilines is 2. The average Bonchev–Trinajstić information content (AvgIpc) is 3.04. The van der Waals surface area contributed by atoms with E-state index in [0.29, 0.717) is 22.4 Å². The molecule has 1 saturated heterocycles. The first kappa shape index (κ1) is 15.7. The van der Waals surface area contributed by atoms with Crippen LogP contribution in [0, 0.1) is 13.8 Å². The second-order valence-corrected chi connectivity index (χ2v) is 6.18. The van der Waals surface area contributed by atoms with Crippen molar-refractivity contribution in [1.82, 2.24) is 14.9 Å². The van der Waals surface area contributed by atoms with Crippen LogP contribution in [0.4, 0.5) is 11.5 Å². The molecule has 2 heterocycles. The minimum Gasteiger partial charge on any atom is -0.340 e. The first-order valence-electron chi connectivity index (χ1n) is 7.71. The first-order chi connectivity index (χ1) is 11.0. The lowest BCUT2D eigenvalue weighted by molar-refractivity contribution is 0.0786. The third-order valence-corrected chi connectivity index (χ3v) is 4.30. The number of hydrogen-bond donors (Lipinski definition) is 1. The van der Waals surface area contributed by atoms with Crippen LogP contribution in [0.5, 0.6) is 0 Å². The molecule has 1 aromatic carbocycles. The van der Waals surface area contributed by atoms with Gasteiger partial charge in [0.2, 0.25) is 0 Å². The number of carbonyl (C=O) groups is 1. The van der Waals surface area contributed by atoms with Crippen LogP contribution >= 0.6 is 11.6 Å². The number of carbonyl (C=O) groups excluding carboxylic acids is 1. The smallest absolute Gasteiger partial charge is 0.272 e. The zero-order valence-corrected chi connectivity index (χ0v) is 14.0. The van der Waals surface area contributed by atoms with E-state index in [0.717, 1.165) is 37.2 Å². The monoisotopic (exact) mass is 330 g/mol. The van der Waals surface area contributed by atoms with Crippen molar-refractivity contribution in [3.05, 3.63) is 46.4 Å². The Labute approximate surface area is 140 Å². The third kappa shape index (κ3) is 3.62. The Morgan fingerprint density at radius 1 is 1.17 bits per heavy atom. The van der Waals surface area contributed by atoms with Gasteiger partial charge in [0.1, 0.15) is 17.3 Å². The zero-order valence-electron chi connectivity index (χ0n) is 13.3. The Balaban J connectivity index is 1.84. The fourth-order valence-corrected chi connectivity index (χ4v) is 2.82. The maximum Gasteiger partial charge on any atom is 0.272 e. The molecule has 1 amide bonds. The second-order valence-electron chi connectivity index (χ2n) is 5.77. The van der Waals surface area contributed by atoms with E-state index in [-0.39, 0.29) is 5.91 Å². The molecule has 1 aliphatic heterocycles. The van der Waals surface area contributed by atoms with E-state index >= 15 is 0 Å². The largest absolute Gasteiger partial charge is 0.340 e. The quantitative estimate of drug-likeness (QED) is 0.931. The number of nitrogens with one attached hydrogen (secondary N) is 1. The van der Waals surface area contributed by atoms with E-state index in [1.165, 1.54) is 0 Å². The summed E-state index contributed by atoms with van der Waals surface area (Å²) in [5.41, 5.74) is 2.28. The molecule has 1 aromatic heterocycles. The second kappa shape index (κ2) is 6.54. The predicted octanol–water partition coefficient (Wildman–Crippen LogP) is 3.73. The number of nitrogens with zero attached hydrogens (tertiary/aromatic N) is 3. The number of amides is 1. The molecule has 5 nitrogen and oxygen atoms in total. The van der Waals surface area contributed by atoms with Gasteiger partial charge in [0, 0.05) is 29.9 Å². The highest BCUT2D eigenvalue weighted by molar-refractivity contribution is 6.31. The predicted molar refractivity (Wildman–Crippen MR) is 91.4 cm³/mol. The molecule has 0 spiro atoms. The van der Waals surface area contributed by atoms with E-state index < -0.39 is 0 Å². The molecule has 0 aliphatic carbocycles. The number of aryl methyl sites for hydroxylation is 2. The molecule has 0 unspecified atom stereocenters. The van der Waals surface area contributed by atoms with E-state index in [1.807, 2.05) is 30.0 Å². The zero-order chi connectivity index (χ0) is 16.4. The third-order valence-electron chi connectivity index (χ3n) is 3.89. The van der Waals surface area contributed by atoms with Crippen LogP contribution < -0.4 is 5.32 Å². The van der Waals surface area contributed by atoms with Gasteiger partial charge in [-0.25, -0.2) is 9.97 Å². The minimum absolute atomic E-state index is 0.0296. The van der Waals surface area contributed by atoms with Gasteiger partial charge in [0.25, 0.3) is 5.91 Å². The number of aromatic nitrogens is 2. The molecular formula is C17H19ClN4O. The maximum absolute atomic E-state index is 12.5. The molecule has 2 aromatic rings. The summed E-state index contributed by atoms with van der Waals surface area (Å²) in [6, 6.07) is 7.41. The summed E-state index contributed by atoms with van der Waals surface area (Å²) in [4.78, 5) is 23.0. The number of hydrogen-bond acceptors (Lipinski definition) is 4. The van der Waals surface area contributed by atoms with Crippen LogP contribution in [0.1, 0.15) is 34.7 Å². The molecule has 0 bridgehead atoms. The van der Waals surface area contributed by atoms with Crippen molar-refractivity contribution in [2.45, 2.75) is 26.7 Å². The van der Waals surface area contributed by atoms with Gasteiger partial charge in [-0.3, -0.25) is 4.79 Å². The van der Waals surface area contributed by atoms with Gasteiger partial charge in [0.15, 0.2) is 0 Å².